The summed E-state index contributed by atoms with van der Waals surface area (Å²) in [4.78, 5) is 15.0. The molecule has 6 heteroatoms. The molecule has 1 amide bonds. The van der Waals surface area contributed by atoms with Crippen LogP contribution in [0.3, 0.4) is 0 Å². The average Bonchev–Trinajstić information content (AvgIpc) is 3.05. The van der Waals surface area contributed by atoms with Crippen molar-refractivity contribution in [2.75, 3.05) is 26.0 Å². The smallest absolute Gasteiger partial charge is 0.232 e. The first-order chi connectivity index (χ1) is 10.7. The van der Waals surface area contributed by atoms with Crippen LogP contribution in [0.2, 0.25) is 0 Å². The molecule has 0 fully saturated rings. The first-order valence-corrected chi connectivity index (χ1v) is 8.93. The fourth-order valence-electron chi connectivity index (χ4n) is 2.11. The van der Waals surface area contributed by atoms with E-state index < -0.39 is 0 Å². The molecule has 0 N–H and O–H groups in total. The maximum Gasteiger partial charge on any atom is 0.232 e. The van der Waals surface area contributed by atoms with Gasteiger partial charge >= 0.3 is 0 Å². The van der Waals surface area contributed by atoms with E-state index in [9.17, 15) is 4.79 Å². The van der Waals surface area contributed by atoms with Crippen molar-refractivity contribution in [3.8, 4) is 11.5 Å². The molecule has 0 saturated heterocycles. The summed E-state index contributed by atoms with van der Waals surface area (Å²) in [5.74, 6) is 2.07. The van der Waals surface area contributed by atoms with Crippen LogP contribution in [0.15, 0.2) is 39.9 Å². The Morgan fingerprint density at radius 3 is 2.86 bits per heavy atom. The van der Waals surface area contributed by atoms with Crippen molar-refractivity contribution >= 4 is 29.0 Å². The number of nitrogens with zero attached hydrogens (tertiary/aromatic N) is 1. The van der Waals surface area contributed by atoms with Crippen molar-refractivity contribution in [2.45, 2.75) is 11.4 Å². The summed E-state index contributed by atoms with van der Waals surface area (Å²) in [6.45, 7) is 1.82. The summed E-state index contributed by atoms with van der Waals surface area (Å²) < 4.78 is 11.0. The Kier molecular flexibility index (Phi) is 4.90. The average molecular weight is 335 g/mol. The SMILES string of the molecule is CN(Cc1ccsc1)C(=O)CSc1ccc2c(c1)OCCO2. The van der Waals surface area contributed by atoms with Crippen molar-refractivity contribution in [3.05, 3.63) is 40.6 Å². The highest BCUT2D eigenvalue weighted by atomic mass is 32.2. The Morgan fingerprint density at radius 2 is 2.09 bits per heavy atom. The highest BCUT2D eigenvalue weighted by Crippen LogP contribution is 2.34. The molecule has 1 aliphatic heterocycles. The lowest BCUT2D eigenvalue weighted by molar-refractivity contribution is -0.127. The van der Waals surface area contributed by atoms with E-state index in [4.69, 9.17) is 9.47 Å². The van der Waals surface area contributed by atoms with Crippen molar-refractivity contribution in [1.29, 1.82) is 0 Å². The zero-order valence-corrected chi connectivity index (χ0v) is 13.9. The van der Waals surface area contributed by atoms with E-state index in [-0.39, 0.29) is 5.91 Å². The minimum absolute atomic E-state index is 0.117. The highest BCUT2D eigenvalue weighted by Gasteiger charge is 2.14. The molecule has 0 aliphatic carbocycles. The number of ether oxygens (including phenoxy) is 2. The monoisotopic (exact) mass is 335 g/mol. The fourth-order valence-corrected chi connectivity index (χ4v) is 3.64. The summed E-state index contributed by atoms with van der Waals surface area (Å²) in [5.41, 5.74) is 1.17. The predicted molar refractivity (Wildman–Crippen MR) is 88.9 cm³/mol. The maximum absolute atomic E-state index is 12.2. The molecule has 0 spiro atoms. The van der Waals surface area contributed by atoms with E-state index in [2.05, 4.69) is 5.38 Å². The molecule has 1 aliphatic rings. The lowest BCUT2D eigenvalue weighted by Gasteiger charge is -2.19. The Balaban J connectivity index is 1.54. The van der Waals surface area contributed by atoms with E-state index in [1.807, 2.05) is 36.7 Å². The minimum atomic E-state index is 0.117. The lowest BCUT2D eigenvalue weighted by atomic mass is 10.3. The molecule has 2 aromatic rings. The number of carbonyl (C=O) groups is 1. The van der Waals surface area contributed by atoms with Gasteiger partial charge in [-0.15, -0.1) is 11.8 Å². The lowest BCUT2D eigenvalue weighted by Crippen LogP contribution is -2.27. The number of amides is 1. The zero-order chi connectivity index (χ0) is 15.4. The second-order valence-corrected chi connectivity index (χ2v) is 6.80. The molecular formula is C16H17NO3S2. The summed E-state index contributed by atoms with van der Waals surface area (Å²) in [6, 6.07) is 7.84. The number of hydrogen-bond donors (Lipinski definition) is 0. The minimum Gasteiger partial charge on any atom is -0.486 e. The van der Waals surface area contributed by atoms with Crippen LogP contribution < -0.4 is 9.47 Å². The molecule has 1 aromatic heterocycles. The van der Waals surface area contributed by atoms with Crippen molar-refractivity contribution in [2.24, 2.45) is 0 Å². The van der Waals surface area contributed by atoms with E-state index >= 15 is 0 Å². The summed E-state index contributed by atoms with van der Waals surface area (Å²) in [7, 11) is 1.84. The number of hydrogen-bond acceptors (Lipinski definition) is 5. The van der Waals surface area contributed by atoms with Crippen LogP contribution in [-0.2, 0) is 11.3 Å². The number of benzene rings is 1. The van der Waals surface area contributed by atoms with Gasteiger partial charge in [-0.2, -0.15) is 11.3 Å². The largest absolute Gasteiger partial charge is 0.486 e. The molecule has 4 nitrogen and oxygen atoms in total. The van der Waals surface area contributed by atoms with Gasteiger partial charge < -0.3 is 14.4 Å². The maximum atomic E-state index is 12.2. The first kappa shape index (κ1) is 15.2. The van der Waals surface area contributed by atoms with Crippen molar-refractivity contribution in [3.63, 3.8) is 0 Å². The summed E-state index contributed by atoms with van der Waals surface area (Å²) in [5, 5.41) is 4.09. The molecule has 2 heterocycles. The van der Waals surface area contributed by atoms with Crippen LogP contribution >= 0.6 is 23.1 Å². The summed E-state index contributed by atoms with van der Waals surface area (Å²) >= 11 is 3.17. The number of rotatable bonds is 5. The third-order valence-electron chi connectivity index (χ3n) is 3.30. The van der Waals surface area contributed by atoms with Crippen LogP contribution in [0, 0.1) is 0 Å². The van der Waals surface area contributed by atoms with Gasteiger partial charge in [-0.3, -0.25) is 4.79 Å². The van der Waals surface area contributed by atoms with Gasteiger partial charge in [0.1, 0.15) is 13.2 Å². The first-order valence-electron chi connectivity index (χ1n) is 7.00. The molecule has 3 rings (SSSR count). The summed E-state index contributed by atoms with van der Waals surface area (Å²) in [6.07, 6.45) is 0. The van der Waals surface area contributed by atoms with Crippen LogP contribution in [0.4, 0.5) is 0 Å². The van der Waals surface area contributed by atoms with Crippen LogP contribution in [0.5, 0.6) is 11.5 Å². The molecule has 0 saturated carbocycles. The molecular weight excluding hydrogens is 318 g/mol. The van der Waals surface area contributed by atoms with Gasteiger partial charge in [0.05, 0.1) is 5.75 Å². The third kappa shape index (κ3) is 3.75. The Morgan fingerprint density at radius 1 is 1.27 bits per heavy atom. The van der Waals surface area contributed by atoms with Crippen molar-refractivity contribution in [1.82, 2.24) is 4.90 Å². The number of thioether (sulfide) groups is 1. The molecule has 22 heavy (non-hydrogen) atoms. The van der Waals surface area contributed by atoms with Crippen molar-refractivity contribution < 1.29 is 14.3 Å². The Bertz CT molecular complexity index is 643. The van der Waals surface area contributed by atoms with E-state index in [1.54, 1.807) is 16.2 Å². The van der Waals surface area contributed by atoms with Gasteiger partial charge in [-0.05, 0) is 40.6 Å². The number of thiophene rings is 1. The number of fused-ring (bicyclic) bond motifs is 1. The molecule has 116 valence electrons. The Hall–Kier alpha value is -1.66. The third-order valence-corrected chi connectivity index (χ3v) is 5.01. The second kappa shape index (κ2) is 7.07. The van der Waals surface area contributed by atoms with E-state index in [1.165, 1.54) is 17.3 Å². The van der Waals surface area contributed by atoms with Gasteiger partial charge in [0.25, 0.3) is 0 Å². The molecule has 0 radical (unpaired) electrons. The fraction of sp³-hybridized carbons (Fsp3) is 0.312. The molecule has 0 unspecified atom stereocenters. The van der Waals surface area contributed by atoms with E-state index in [0.29, 0.717) is 25.5 Å². The molecule has 0 atom stereocenters. The molecule has 1 aromatic carbocycles. The molecule has 0 bridgehead atoms. The van der Waals surface area contributed by atoms with E-state index in [0.717, 1.165) is 16.4 Å². The standard InChI is InChI=1S/C16H17NO3S2/c1-17(9-12-4-7-21-10-12)16(18)11-22-13-2-3-14-15(8-13)20-6-5-19-14/h2-4,7-8,10H,5-6,9,11H2,1H3. The second-order valence-electron chi connectivity index (χ2n) is 4.98. The van der Waals surface area contributed by atoms with Gasteiger partial charge in [0.2, 0.25) is 5.91 Å². The normalized spacial score (nSPS) is 13.0. The topological polar surface area (TPSA) is 38.8 Å². The van der Waals surface area contributed by atoms with Gasteiger partial charge in [0, 0.05) is 18.5 Å². The predicted octanol–water partition coefficient (Wildman–Crippen LogP) is 3.27. The number of carbonyl (C=O) groups excluding carboxylic acids is 1. The van der Waals surface area contributed by atoms with Gasteiger partial charge in [-0.1, -0.05) is 0 Å². The zero-order valence-electron chi connectivity index (χ0n) is 12.3. The Labute approximate surface area is 138 Å². The van der Waals surface area contributed by atoms with Crippen LogP contribution in [0.25, 0.3) is 0 Å². The van der Waals surface area contributed by atoms with Gasteiger partial charge in [0.15, 0.2) is 11.5 Å². The quantitative estimate of drug-likeness (QED) is 0.786. The van der Waals surface area contributed by atoms with Crippen LogP contribution in [0.1, 0.15) is 5.56 Å². The van der Waals surface area contributed by atoms with Gasteiger partial charge in [-0.25, -0.2) is 0 Å². The highest BCUT2D eigenvalue weighted by molar-refractivity contribution is 8.00. The van der Waals surface area contributed by atoms with Crippen LogP contribution in [-0.4, -0.2) is 36.8 Å².